The third-order valence-electron chi connectivity index (χ3n) is 7.96. The van der Waals surface area contributed by atoms with Crippen molar-refractivity contribution in [1.29, 1.82) is 0 Å². The van der Waals surface area contributed by atoms with E-state index in [9.17, 15) is 19.2 Å². The lowest BCUT2D eigenvalue weighted by Gasteiger charge is -2.37. The van der Waals surface area contributed by atoms with Crippen molar-refractivity contribution in [3.05, 3.63) is 75.8 Å². The molecule has 9 heteroatoms. The molecule has 7 nitrogen and oxygen atoms in total. The topological polar surface area (TPSA) is 84.0 Å². The van der Waals surface area contributed by atoms with Gasteiger partial charge in [0.15, 0.2) is 5.78 Å². The van der Waals surface area contributed by atoms with E-state index in [1.807, 2.05) is 0 Å². The summed E-state index contributed by atoms with van der Waals surface area (Å²) in [4.78, 5) is 54.5. The maximum atomic E-state index is 13.8. The molecule has 184 valence electrons. The molecule has 1 aliphatic heterocycles. The molecule has 2 saturated carbocycles. The number of imide groups is 1. The Bertz CT molecular complexity index is 1320. The molecule has 3 fully saturated rings. The number of rotatable bonds is 6. The molecule has 2 bridgehead atoms. The molecule has 4 aliphatic carbocycles. The van der Waals surface area contributed by atoms with Crippen molar-refractivity contribution in [2.45, 2.75) is 6.42 Å². The smallest absolute Gasteiger partial charge is 0.274 e. The number of halogens is 2. The Kier molecular flexibility index (Phi) is 5.46. The first-order chi connectivity index (χ1) is 17.3. The number of methoxy groups -OCH3 is 1. The highest BCUT2D eigenvalue weighted by Crippen LogP contribution is 2.65. The summed E-state index contributed by atoms with van der Waals surface area (Å²) >= 11 is 12.3. The molecule has 1 saturated heterocycles. The molecule has 0 aromatic heterocycles. The van der Waals surface area contributed by atoms with Gasteiger partial charge in [-0.2, -0.15) is 5.01 Å². The summed E-state index contributed by atoms with van der Waals surface area (Å²) in [5.74, 6) is -1.83. The van der Waals surface area contributed by atoms with Crippen molar-refractivity contribution in [2.75, 3.05) is 13.7 Å². The SMILES string of the molecule is COc1cccc(C(=O)CN(C(=O)c2ccc(Cl)cc2Cl)N2C(=O)[C@@H]3[C@H]4C=C[C@@H]([C@@H]5C[C@@H]45)[C@@H]3C2=O)c1. The van der Waals surface area contributed by atoms with Crippen LogP contribution in [0.5, 0.6) is 5.75 Å². The number of hydrogen-bond acceptors (Lipinski definition) is 5. The van der Waals surface area contributed by atoms with Gasteiger partial charge in [0.05, 0.1) is 29.5 Å². The van der Waals surface area contributed by atoms with Crippen LogP contribution in [-0.4, -0.2) is 47.2 Å². The van der Waals surface area contributed by atoms with E-state index < -0.39 is 41.9 Å². The van der Waals surface area contributed by atoms with Crippen LogP contribution in [0.15, 0.2) is 54.6 Å². The zero-order valence-electron chi connectivity index (χ0n) is 19.3. The van der Waals surface area contributed by atoms with E-state index in [4.69, 9.17) is 27.9 Å². The quantitative estimate of drug-likeness (QED) is 0.319. The van der Waals surface area contributed by atoms with Gasteiger partial charge in [0.25, 0.3) is 17.7 Å². The number of Topliss-reactive ketones (excluding diaryl/α,β-unsaturated/α-hetero) is 1. The van der Waals surface area contributed by atoms with Gasteiger partial charge >= 0.3 is 0 Å². The van der Waals surface area contributed by atoms with Gasteiger partial charge in [-0.25, -0.2) is 5.01 Å². The van der Waals surface area contributed by atoms with Crippen LogP contribution in [0.2, 0.25) is 10.0 Å². The van der Waals surface area contributed by atoms with E-state index in [0.717, 1.165) is 16.4 Å². The minimum absolute atomic E-state index is 0.0170. The summed E-state index contributed by atoms with van der Waals surface area (Å²) < 4.78 is 5.21. The van der Waals surface area contributed by atoms with Gasteiger partial charge < -0.3 is 4.74 Å². The molecule has 2 aromatic rings. The molecule has 7 rings (SSSR count). The molecule has 0 unspecified atom stereocenters. The molecule has 1 heterocycles. The Morgan fingerprint density at radius 3 is 2.28 bits per heavy atom. The number of amides is 3. The predicted octanol–water partition coefficient (Wildman–Crippen LogP) is 4.30. The van der Waals surface area contributed by atoms with Crippen molar-refractivity contribution in [1.82, 2.24) is 10.0 Å². The van der Waals surface area contributed by atoms with Crippen LogP contribution in [-0.2, 0) is 9.59 Å². The molecule has 0 radical (unpaired) electrons. The third kappa shape index (κ3) is 3.48. The van der Waals surface area contributed by atoms with Crippen molar-refractivity contribution in [3.8, 4) is 5.75 Å². The summed E-state index contributed by atoms with van der Waals surface area (Å²) in [6.07, 6.45) is 5.13. The van der Waals surface area contributed by atoms with Crippen molar-refractivity contribution < 1.29 is 23.9 Å². The number of hydrogen-bond donors (Lipinski definition) is 0. The Labute approximate surface area is 217 Å². The number of nitrogens with zero attached hydrogens (tertiary/aromatic N) is 2. The number of ketones is 1. The summed E-state index contributed by atoms with van der Waals surface area (Å²) in [6, 6.07) is 10.8. The Balaban J connectivity index is 1.38. The fourth-order valence-corrected chi connectivity index (χ4v) is 6.73. The van der Waals surface area contributed by atoms with Gasteiger partial charge in [-0.05, 0) is 60.4 Å². The molecule has 3 amide bonds. The van der Waals surface area contributed by atoms with Crippen molar-refractivity contribution in [2.24, 2.45) is 35.5 Å². The Morgan fingerprint density at radius 1 is 1.00 bits per heavy atom. The molecule has 2 aromatic carbocycles. The van der Waals surface area contributed by atoms with Crippen LogP contribution >= 0.6 is 23.2 Å². The summed E-state index contributed by atoms with van der Waals surface area (Å²) in [7, 11) is 1.48. The highest BCUT2D eigenvalue weighted by molar-refractivity contribution is 6.36. The number of hydrazine groups is 1. The van der Waals surface area contributed by atoms with Crippen molar-refractivity contribution in [3.63, 3.8) is 0 Å². The minimum Gasteiger partial charge on any atom is -0.497 e. The van der Waals surface area contributed by atoms with E-state index in [1.165, 1.54) is 25.3 Å². The first-order valence-corrected chi connectivity index (χ1v) is 12.6. The van der Waals surface area contributed by atoms with Gasteiger partial charge in [0.1, 0.15) is 12.3 Å². The molecule has 5 aliphatic rings. The van der Waals surface area contributed by atoms with Crippen LogP contribution < -0.4 is 4.74 Å². The zero-order valence-corrected chi connectivity index (χ0v) is 20.8. The number of allylic oxidation sites excluding steroid dienone is 2. The average molecular weight is 525 g/mol. The lowest BCUT2D eigenvalue weighted by atomic mass is 9.63. The molecule has 0 N–H and O–H groups in total. The molecular weight excluding hydrogens is 503 g/mol. The second-order valence-corrected chi connectivity index (χ2v) is 10.6. The van der Waals surface area contributed by atoms with Crippen LogP contribution in [0.3, 0.4) is 0 Å². The number of carbonyl (C=O) groups excluding carboxylic acids is 4. The maximum Gasteiger partial charge on any atom is 0.274 e. The monoisotopic (exact) mass is 524 g/mol. The summed E-state index contributed by atoms with van der Waals surface area (Å²) in [5.41, 5.74) is 0.327. The fourth-order valence-electron chi connectivity index (χ4n) is 6.24. The average Bonchev–Trinajstić information content (AvgIpc) is 3.66. The van der Waals surface area contributed by atoms with E-state index in [0.29, 0.717) is 22.6 Å². The van der Waals surface area contributed by atoms with Crippen LogP contribution in [0.1, 0.15) is 27.1 Å². The molecular formula is C27H22Cl2N2O5. The van der Waals surface area contributed by atoms with Crippen LogP contribution in [0.4, 0.5) is 0 Å². The van der Waals surface area contributed by atoms with E-state index >= 15 is 0 Å². The van der Waals surface area contributed by atoms with Crippen molar-refractivity contribution >= 4 is 46.7 Å². The molecule has 6 atom stereocenters. The summed E-state index contributed by atoms with van der Waals surface area (Å²) in [5, 5.41) is 2.24. The zero-order chi connectivity index (χ0) is 25.3. The largest absolute Gasteiger partial charge is 0.497 e. The van der Waals surface area contributed by atoms with Gasteiger partial charge in [-0.3, -0.25) is 19.2 Å². The lowest BCUT2D eigenvalue weighted by Crippen LogP contribution is -2.52. The highest BCUT2D eigenvalue weighted by Gasteiger charge is 2.68. The second kappa shape index (κ2) is 8.46. The third-order valence-corrected chi connectivity index (χ3v) is 8.51. The number of ether oxygens (including phenoxy) is 1. The number of benzene rings is 2. The molecule has 36 heavy (non-hydrogen) atoms. The van der Waals surface area contributed by atoms with E-state index in [1.54, 1.807) is 24.3 Å². The van der Waals surface area contributed by atoms with Gasteiger partial charge in [-0.1, -0.05) is 47.5 Å². The fraction of sp³-hybridized carbons (Fsp3) is 0.333. The Hall–Kier alpha value is -3.16. The lowest BCUT2D eigenvalue weighted by molar-refractivity contribution is -0.154. The van der Waals surface area contributed by atoms with E-state index in [2.05, 4.69) is 12.2 Å². The van der Waals surface area contributed by atoms with Crippen LogP contribution in [0.25, 0.3) is 0 Å². The first kappa shape index (κ1) is 23.3. The van der Waals surface area contributed by atoms with Gasteiger partial charge in [-0.15, -0.1) is 0 Å². The first-order valence-electron chi connectivity index (χ1n) is 11.8. The summed E-state index contributed by atoms with van der Waals surface area (Å²) in [6.45, 7) is -0.516. The highest BCUT2D eigenvalue weighted by atomic mass is 35.5. The predicted molar refractivity (Wildman–Crippen MR) is 131 cm³/mol. The number of carbonyl (C=O) groups is 4. The van der Waals surface area contributed by atoms with Gasteiger partial charge in [0.2, 0.25) is 0 Å². The maximum absolute atomic E-state index is 13.8. The van der Waals surface area contributed by atoms with Crippen LogP contribution in [0, 0.1) is 35.5 Å². The van der Waals surface area contributed by atoms with Gasteiger partial charge in [0, 0.05) is 10.6 Å². The molecule has 0 spiro atoms. The second-order valence-electron chi connectivity index (χ2n) is 9.78. The minimum atomic E-state index is -0.723. The standard InChI is InChI=1S/C27H22Cl2N2O5/c1-36-15-4-2-3-13(9-15)22(32)12-30(25(33)18-6-5-14(28)10-21(18)29)31-26(34)23-16-7-8-17(20-11-19(16)20)24(23)27(31)35/h2-10,16-17,19-20,23-24H,11-12H2,1H3/t16-,17-,19-,20-,23-,24+/m0/s1. The normalized spacial score (nSPS) is 29.1. The van der Waals surface area contributed by atoms with E-state index in [-0.39, 0.29) is 28.0 Å². The Morgan fingerprint density at radius 2 is 1.67 bits per heavy atom.